The standard InChI is InChI=1S/C8H6F4O4S/c9-7(10,8(11,12)17(13,14)15)16-6-4-2-1-3-5-6/h1-5H,(H,13,14,15). The van der Waals surface area contributed by atoms with Crippen LogP contribution in [-0.2, 0) is 10.1 Å². The molecule has 4 nitrogen and oxygen atoms in total. The molecule has 0 saturated heterocycles. The van der Waals surface area contributed by atoms with Crippen molar-refractivity contribution in [2.75, 3.05) is 0 Å². The SMILES string of the molecule is O=S(=O)(O)C(F)(F)C(F)(F)Oc1ccccc1. The molecule has 0 amide bonds. The van der Waals surface area contributed by atoms with E-state index in [1.54, 1.807) is 0 Å². The molecule has 0 atom stereocenters. The summed E-state index contributed by atoms with van der Waals surface area (Å²) in [5, 5.41) is -5.74. The van der Waals surface area contributed by atoms with Crippen molar-refractivity contribution in [1.82, 2.24) is 0 Å². The maximum Gasteiger partial charge on any atom is 0.483 e. The fourth-order valence-corrected chi connectivity index (χ4v) is 1.19. The Bertz CT molecular complexity index is 486. The number of para-hydroxylation sites is 1. The zero-order valence-corrected chi connectivity index (χ0v) is 8.80. The van der Waals surface area contributed by atoms with Crippen LogP contribution in [0.2, 0.25) is 0 Å². The van der Waals surface area contributed by atoms with Gasteiger partial charge in [0.25, 0.3) is 0 Å². The van der Waals surface area contributed by atoms with Gasteiger partial charge in [0.2, 0.25) is 0 Å². The van der Waals surface area contributed by atoms with Crippen LogP contribution in [0, 0.1) is 0 Å². The molecule has 1 aromatic rings. The van der Waals surface area contributed by atoms with Crippen LogP contribution in [0.3, 0.4) is 0 Å². The summed E-state index contributed by atoms with van der Waals surface area (Å²) in [5.41, 5.74) is 0. The highest BCUT2D eigenvalue weighted by Gasteiger charge is 2.69. The number of rotatable bonds is 4. The summed E-state index contributed by atoms with van der Waals surface area (Å²) in [5.74, 6) is -0.666. The smallest absolute Gasteiger partial charge is 0.427 e. The van der Waals surface area contributed by atoms with Crippen molar-refractivity contribution in [1.29, 1.82) is 0 Å². The Balaban J connectivity index is 3.05. The van der Waals surface area contributed by atoms with Crippen LogP contribution in [0.25, 0.3) is 0 Å². The topological polar surface area (TPSA) is 63.6 Å². The van der Waals surface area contributed by atoms with E-state index in [9.17, 15) is 26.0 Å². The minimum atomic E-state index is -6.29. The molecule has 96 valence electrons. The third-order valence-electron chi connectivity index (χ3n) is 1.65. The number of halogens is 4. The van der Waals surface area contributed by atoms with E-state index in [0.717, 1.165) is 12.1 Å². The van der Waals surface area contributed by atoms with Crippen LogP contribution in [0.1, 0.15) is 0 Å². The Kier molecular flexibility index (Phi) is 3.35. The van der Waals surface area contributed by atoms with Crippen molar-refractivity contribution in [3.63, 3.8) is 0 Å². The van der Waals surface area contributed by atoms with Crippen LogP contribution in [0.5, 0.6) is 5.75 Å². The lowest BCUT2D eigenvalue weighted by Crippen LogP contribution is -2.50. The predicted molar refractivity (Wildman–Crippen MR) is 48.5 cm³/mol. The summed E-state index contributed by atoms with van der Waals surface area (Å²) in [7, 11) is -6.29. The molecule has 0 aliphatic heterocycles. The third-order valence-corrected chi connectivity index (χ3v) is 2.54. The second-order valence-electron chi connectivity index (χ2n) is 2.92. The molecule has 1 aromatic carbocycles. The molecule has 0 saturated carbocycles. The highest BCUT2D eigenvalue weighted by Crippen LogP contribution is 2.39. The van der Waals surface area contributed by atoms with Gasteiger partial charge in [-0.2, -0.15) is 26.0 Å². The first kappa shape index (κ1) is 13.7. The molecule has 0 bridgehead atoms. The average molecular weight is 274 g/mol. The first-order chi connectivity index (χ1) is 7.58. The molecule has 0 radical (unpaired) electrons. The van der Waals surface area contributed by atoms with E-state index >= 15 is 0 Å². The molecule has 0 heterocycles. The second kappa shape index (κ2) is 4.15. The maximum atomic E-state index is 12.9. The minimum Gasteiger partial charge on any atom is -0.427 e. The zero-order valence-electron chi connectivity index (χ0n) is 7.98. The van der Waals surface area contributed by atoms with Crippen LogP contribution < -0.4 is 4.74 Å². The van der Waals surface area contributed by atoms with Crippen LogP contribution in [-0.4, -0.2) is 24.3 Å². The molecule has 0 aliphatic rings. The molecule has 0 aromatic heterocycles. The van der Waals surface area contributed by atoms with E-state index in [4.69, 9.17) is 4.55 Å². The zero-order chi connectivity index (χ0) is 13.3. The Morgan fingerprint density at radius 2 is 1.53 bits per heavy atom. The summed E-state index contributed by atoms with van der Waals surface area (Å²) >= 11 is 0. The first-order valence-corrected chi connectivity index (χ1v) is 5.48. The highest BCUT2D eigenvalue weighted by atomic mass is 32.2. The maximum absolute atomic E-state index is 12.9. The Morgan fingerprint density at radius 1 is 1.06 bits per heavy atom. The lowest BCUT2D eigenvalue weighted by atomic mass is 10.3. The molecule has 1 N–H and O–H groups in total. The first-order valence-electron chi connectivity index (χ1n) is 4.04. The number of hydrogen-bond donors (Lipinski definition) is 1. The van der Waals surface area contributed by atoms with Crippen LogP contribution >= 0.6 is 0 Å². The van der Waals surface area contributed by atoms with Gasteiger partial charge in [-0.1, -0.05) is 18.2 Å². The minimum absolute atomic E-state index is 0.666. The molecule has 0 aliphatic carbocycles. The van der Waals surface area contributed by atoms with E-state index in [-0.39, 0.29) is 0 Å². The van der Waals surface area contributed by atoms with Crippen molar-refractivity contribution in [2.45, 2.75) is 11.4 Å². The predicted octanol–water partition coefficient (Wildman–Crippen LogP) is 2.14. The summed E-state index contributed by atoms with van der Waals surface area (Å²) in [6, 6.07) is 5.70. The van der Waals surface area contributed by atoms with E-state index in [1.165, 1.54) is 18.2 Å². The number of ether oxygens (including phenoxy) is 1. The van der Waals surface area contributed by atoms with Gasteiger partial charge in [0, 0.05) is 0 Å². The van der Waals surface area contributed by atoms with Crippen molar-refractivity contribution in [3.8, 4) is 5.75 Å². The van der Waals surface area contributed by atoms with E-state index in [0.29, 0.717) is 0 Å². The molecule has 9 heteroatoms. The third kappa shape index (κ3) is 2.67. The van der Waals surface area contributed by atoms with Crippen molar-refractivity contribution in [2.24, 2.45) is 0 Å². The number of alkyl halides is 4. The van der Waals surface area contributed by atoms with Gasteiger partial charge in [0.05, 0.1) is 0 Å². The molecule has 17 heavy (non-hydrogen) atoms. The monoisotopic (exact) mass is 274 g/mol. The van der Waals surface area contributed by atoms with Gasteiger partial charge in [-0.15, -0.1) is 0 Å². The van der Waals surface area contributed by atoms with Gasteiger partial charge < -0.3 is 4.74 Å². The number of benzene rings is 1. The van der Waals surface area contributed by atoms with Gasteiger partial charge >= 0.3 is 21.5 Å². The van der Waals surface area contributed by atoms with Gasteiger partial charge in [-0.05, 0) is 12.1 Å². The summed E-state index contributed by atoms with van der Waals surface area (Å²) in [6.07, 6.45) is -5.39. The Hall–Kier alpha value is -1.35. The fourth-order valence-electron chi connectivity index (χ4n) is 0.846. The highest BCUT2D eigenvalue weighted by molar-refractivity contribution is 7.86. The van der Waals surface area contributed by atoms with Crippen LogP contribution in [0.15, 0.2) is 30.3 Å². The van der Waals surface area contributed by atoms with Gasteiger partial charge in [-0.3, -0.25) is 4.55 Å². The van der Waals surface area contributed by atoms with Crippen LogP contribution in [0.4, 0.5) is 17.6 Å². The van der Waals surface area contributed by atoms with Gasteiger partial charge in [0.15, 0.2) is 0 Å². The molecule has 0 spiro atoms. The number of hydrogen-bond acceptors (Lipinski definition) is 3. The molecule has 1 rings (SSSR count). The summed E-state index contributed by atoms with van der Waals surface area (Å²) in [6.45, 7) is 0. The molecule has 0 fully saturated rings. The molecular weight excluding hydrogens is 268 g/mol. The van der Waals surface area contributed by atoms with Crippen molar-refractivity contribution < 1.29 is 35.3 Å². The second-order valence-corrected chi connectivity index (χ2v) is 4.39. The lowest BCUT2D eigenvalue weighted by molar-refractivity contribution is -0.274. The van der Waals surface area contributed by atoms with E-state index < -0.39 is 27.2 Å². The Morgan fingerprint density at radius 3 is 1.94 bits per heavy atom. The Labute approximate surface area is 93.6 Å². The lowest BCUT2D eigenvalue weighted by Gasteiger charge is -2.23. The van der Waals surface area contributed by atoms with Crippen molar-refractivity contribution >= 4 is 10.1 Å². The van der Waals surface area contributed by atoms with Gasteiger partial charge in [0.1, 0.15) is 5.75 Å². The normalized spacial score (nSPS) is 13.5. The average Bonchev–Trinajstić information content (AvgIpc) is 2.16. The fraction of sp³-hybridized carbons (Fsp3) is 0.250. The summed E-state index contributed by atoms with van der Waals surface area (Å²) < 4.78 is 83.0. The molecular formula is C8H6F4O4S. The van der Waals surface area contributed by atoms with E-state index in [1.807, 2.05) is 0 Å². The quantitative estimate of drug-likeness (QED) is 0.675. The molecule has 0 unspecified atom stereocenters. The van der Waals surface area contributed by atoms with Crippen molar-refractivity contribution in [3.05, 3.63) is 30.3 Å². The largest absolute Gasteiger partial charge is 0.483 e. The summed E-state index contributed by atoms with van der Waals surface area (Å²) in [4.78, 5) is 0. The van der Waals surface area contributed by atoms with Gasteiger partial charge in [-0.25, -0.2) is 0 Å². The van der Waals surface area contributed by atoms with E-state index in [2.05, 4.69) is 4.74 Å².